The van der Waals surface area contributed by atoms with Crippen molar-refractivity contribution in [3.05, 3.63) is 63.6 Å². The number of hydrogen-bond donors (Lipinski definition) is 1. The van der Waals surface area contributed by atoms with Gasteiger partial charge in [0.2, 0.25) is 5.91 Å². The van der Waals surface area contributed by atoms with E-state index in [0.717, 1.165) is 22.4 Å². The van der Waals surface area contributed by atoms with Gasteiger partial charge in [0.15, 0.2) is 0 Å². The Kier molecular flexibility index (Phi) is 4.03. The highest BCUT2D eigenvalue weighted by Gasteiger charge is 2.08. The summed E-state index contributed by atoms with van der Waals surface area (Å²) in [6, 6.07) is 9.17. The molecule has 1 N–H and O–H groups in total. The maximum Gasteiger partial charge on any atom is 0.251 e. The number of rotatable bonds is 3. The summed E-state index contributed by atoms with van der Waals surface area (Å²) in [4.78, 5) is 23.8. The van der Waals surface area contributed by atoms with Gasteiger partial charge in [-0.3, -0.25) is 9.59 Å². The molecule has 0 aliphatic heterocycles. The molecular formula is C16H18N2O2. The van der Waals surface area contributed by atoms with Gasteiger partial charge < -0.3 is 9.88 Å². The molecule has 0 spiro atoms. The van der Waals surface area contributed by atoms with Crippen molar-refractivity contribution in [2.45, 2.75) is 27.3 Å². The quantitative estimate of drug-likeness (QED) is 0.931. The highest BCUT2D eigenvalue weighted by atomic mass is 16.2. The van der Waals surface area contributed by atoms with Gasteiger partial charge >= 0.3 is 0 Å². The Morgan fingerprint density at radius 2 is 1.80 bits per heavy atom. The van der Waals surface area contributed by atoms with E-state index in [4.69, 9.17) is 0 Å². The third-order valence-corrected chi connectivity index (χ3v) is 3.21. The van der Waals surface area contributed by atoms with E-state index in [9.17, 15) is 9.59 Å². The topological polar surface area (TPSA) is 51.1 Å². The van der Waals surface area contributed by atoms with Gasteiger partial charge in [-0.1, -0.05) is 18.2 Å². The molecule has 0 saturated heterocycles. The molecule has 104 valence electrons. The standard InChI is InChI=1S/C16H18N2O2/c1-11-7-8-18(15(20)9-11)10-14(19)17-16-12(2)5-4-6-13(16)3/h4-9H,10H2,1-3H3,(H,17,19). The van der Waals surface area contributed by atoms with Crippen molar-refractivity contribution in [3.63, 3.8) is 0 Å². The van der Waals surface area contributed by atoms with Crippen LogP contribution < -0.4 is 10.9 Å². The minimum atomic E-state index is -0.201. The Labute approximate surface area is 118 Å². The van der Waals surface area contributed by atoms with Crippen LogP contribution in [0.25, 0.3) is 0 Å². The lowest BCUT2D eigenvalue weighted by Crippen LogP contribution is -2.27. The van der Waals surface area contributed by atoms with Crippen LogP contribution in [0.3, 0.4) is 0 Å². The third-order valence-electron chi connectivity index (χ3n) is 3.21. The number of aryl methyl sites for hydroxylation is 3. The van der Waals surface area contributed by atoms with Crippen LogP contribution in [-0.4, -0.2) is 10.5 Å². The molecular weight excluding hydrogens is 252 g/mol. The summed E-state index contributed by atoms with van der Waals surface area (Å²) in [5.74, 6) is -0.201. The molecule has 2 aromatic rings. The van der Waals surface area contributed by atoms with Gasteiger partial charge in [-0.25, -0.2) is 0 Å². The minimum Gasteiger partial charge on any atom is -0.324 e. The molecule has 0 aliphatic rings. The largest absolute Gasteiger partial charge is 0.324 e. The first-order chi connectivity index (χ1) is 9.47. The molecule has 0 bridgehead atoms. The zero-order valence-corrected chi connectivity index (χ0v) is 11.9. The van der Waals surface area contributed by atoms with Crippen LogP contribution in [0.1, 0.15) is 16.7 Å². The number of nitrogens with one attached hydrogen (secondary N) is 1. The number of carbonyl (C=O) groups is 1. The Morgan fingerprint density at radius 1 is 1.15 bits per heavy atom. The number of amides is 1. The van der Waals surface area contributed by atoms with E-state index in [1.165, 1.54) is 10.6 Å². The molecule has 0 atom stereocenters. The zero-order chi connectivity index (χ0) is 14.7. The van der Waals surface area contributed by atoms with E-state index in [-0.39, 0.29) is 18.0 Å². The molecule has 0 saturated carbocycles. The predicted molar refractivity (Wildman–Crippen MR) is 80.0 cm³/mol. The van der Waals surface area contributed by atoms with Crippen molar-refractivity contribution >= 4 is 11.6 Å². The van der Waals surface area contributed by atoms with Crippen LogP contribution in [-0.2, 0) is 11.3 Å². The number of para-hydroxylation sites is 1. The second-order valence-corrected chi connectivity index (χ2v) is 4.99. The molecule has 1 heterocycles. The molecule has 4 nitrogen and oxygen atoms in total. The van der Waals surface area contributed by atoms with Crippen LogP contribution in [0.15, 0.2) is 41.3 Å². The molecule has 1 amide bonds. The zero-order valence-electron chi connectivity index (χ0n) is 11.9. The summed E-state index contributed by atoms with van der Waals surface area (Å²) in [7, 11) is 0. The lowest BCUT2D eigenvalue weighted by molar-refractivity contribution is -0.116. The summed E-state index contributed by atoms with van der Waals surface area (Å²) >= 11 is 0. The Bertz CT molecular complexity index is 682. The Balaban J connectivity index is 2.15. The van der Waals surface area contributed by atoms with Gasteiger partial charge in [-0.05, 0) is 43.5 Å². The molecule has 20 heavy (non-hydrogen) atoms. The molecule has 1 aromatic heterocycles. The van der Waals surface area contributed by atoms with Crippen molar-refractivity contribution in [1.82, 2.24) is 4.57 Å². The van der Waals surface area contributed by atoms with Gasteiger partial charge in [-0.2, -0.15) is 0 Å². The minimum absolute atomic E-state index is 0.0207. The van der Waals surface area contributed by atoms with Crippen LogP contribution >= 0.6 is 0 Å². The number of aromatic nitrogens is 1. The van der Waals surface area contributed by atoms with Crippen LogP contribution in [0.2, 0.25) is 0 Å². The maximum atomic E-state index is 12.1. The van der Waals surface area contributed by atoms with Crippen LogP contribution in [0.4, 0.5) is 5.69 Å². The fourth-order valence-electron chi connectivity index (χ4n) is 2.08. The van der Waals surface area contributed by atoms with Crippen LogP contribution in [0.5, 0.6) is 0 Å². The number of anilines is 1. The Morgan fingerprint density at radius 3 is 2.40 bits per heavy atom. The summed E-state index contributed by atoms with van der Waals surface area (Å²) < 4.78 is 1.40. The summed E-state index contributed by atoms with van der Waals surface area (Å²) in [5, 5.41) is 2.87. The summed E-state index contributed by atoms with van der Waals surface area (Å²) in [5.41, 5.74) is 3.56. The van der Waals surface area contributed by atoms with E-state index in [2.05, 4.69) is 5.32 Å². The van der Waals surface area contributed by atoms with E-state index in [1.807, 2.05) is 45.0 Å². The first-order valence-corrected chi connectivity index (χ1v) is 6.50. The van der Waals surface area contributed by atoms with Gasteiger partial charge in [0, 0.05) is 18.0 Å². The Hall–Kier alpha value is -2.36. The molecule has 4 heteroatoms. The normalized spacial score (nSPS) is 10.3. The van der Waals surface area contributed by atoms with E-state index in [1.54, 1.807) is 6.20 Å². The van der Waals surface area contributed by atoms with Crippen molar-refractivity contribution in [2.75, 3.05) is 5.32 Å². The highest BCUT2D eigenvalue weighted by molar-refractivity contribution is 5.92. The lowest BCUT2D eigenvalue weighted by atomic mass is 10.1. The van der Waals surface area contributed by atoms with Gasteiger partial charge in [0.05, 0.1) is 0 Å². The van der Waals surface area contributed by atoms with Crippen molar-refractivity contribution in [1.29, 1.82) is 0 Å². The first-order valence-electron chi connectivity index (χ1n) is 6.50. The van der Waals surface area contributed by atoms with Gasteiger partial charge in [-0.15, -0.1) is 0 Å². The molecule has 0 aliphatic carbocycles. The summed E-state index contributed by atoms with van der Waals surface area (Å²) in [6.07, 6.45) is 1.64. The van der Waals surface area contributed by atoms with Crippen LogP contribution in [0, 0.1) is 20.8 Å². The summed E-state index contributed by atoms with van der Waals surface area (Å²) in [6.45, 7) is 5.76. The fraction of sp³-hybridized carbons (Fsp3) is 0.250. The number of pyridine rings is 1. The van der Waals surface area contributed by atoms with Crippen molar-refractivity contribution < 1.29 is 4.79 Å². The van der Waals surface area contributed by atoms with Gasteiger partial charge in [0.25, 0.3) is 5.56 Å². The molecule has 1 aromatic carbocycles. The van der Waals surface area contributed by atoms with Gasteiger partial charge in [0.1, 0.15) is 6.54 Å². The average Bonchev–Trinajstić information content (AvgIpc) is 2.37. The predicted octanol–water partition coefficient (Wildman–Crippen LogP) is 2.41. The first kappa shape index (κ1) is 14.1. The van der Waals surface area contributed by atoms with Crippen molar-refractivity contribution in [3.8, 4) is 0 Å². The second kappa shape index (κ2) is 5.74. The third kappa shape index (κ3) is 3.15. The highest BCUT2D eigenvalue weighted by Crippen LogP contribution is 2.19. The molecule has 0 unspecified atom stereocenters. The fourth-order valence-corrected chi connectivity index (χ4v) is 2.08. The molecule has 2 rings (SSSR count). The number of nitrogens with zero attached hydrogens (tertiary/aromatic N) is 1. The SMILES string of the molecule is Cc1ccn(CC(=O)Nc2c(C)cccc2C)c(=O)c1. The average molecular weight is 270 g/mol. The maximum absolute atomic E-state index is 12.1. The number of hydrogen-bond acceptors (Lipinski definition) is 2. The lowest BCUT2D eigenvalue weighted by Gasteiger charge is -2.12. The number of carbonyl (C=O) groups excluding carboxylic acids is 1. The van der Waals surface area contributed by atoms with E-state index >= 15 is 0 Å². The van der Waals surface area contributed by atoms with Crippen molar-refractivity contribution in [2.24, 2.45) is 0 Å². The monoisotopic (exact) mass is 270 g/mol. The van der Waals surface area contributed by atoms with E-state index < -0.39 is 0 Å². The second-order valence-electron chi connectivity index (χ2n) is 4.99. The number of benzene rings is 1. The molecule has 0 fully saturated rings. The van der Waals surface area contributed by atoms with E-state index in [0.29, 0.717) is 0 Å². The smallest absolute Gasteiger partial charge is 0.251 e. The molecule has 0 radical (unpaired) electrons.